The number of aliphatic hydroxyl groups is 1. The Balaban J connectivity index is 1.71. The Kier molecular flexibility index (Phi) is 5.06. The number of alkyl halides is 2. The van der Waals surface area contributed by atoms with Crippen LogP contribution in [0.1, 0.15) is 36.8 Å². The van der Waals surface area contributed by atoms with Gasteiger partial charge in [-0.1, -0.05) is 17.7 Å². The van der Waals surface area contributed by atoms with Crippen LogP contribution >= 0.6 is 0 Å². The first-order valence-corrected chi connectivity index (χ1v) is 9.73. The number of hydrogen-bond donors (Lipinski definition) is 1. The van der Waals surface area contributed by atoms with Gasteiger partial charge in [-0.25, -0.2) is 9.48 Å². The minimum atomic E-state index is -2.86. The summed E-state index contributed by atoms with van der Waals surface area (Å²) in [6, 6.07) is 14.7. The van der Waals surface area contributed by atoms with E-state index in [9.17, 15) is 13.9 Å². The molecule has 2 aromatic rings. The maximum atomic E-state index is 12.4. The topological polar surface area (TPSA) is 35.7 Å². The average Bonchev–Trinajstić information content (AvgIpc) is 2.83. The summed E-state index contributed by atoms with van der Waals surface area (Å²) < 4.78 is 31.4. The number of benzene rings is 2. The van der Waals surface area contributed by atoms with E-state index in [1.165, 1.54) is 17.7 Å². The van der Waals surface area contributed by atoms with E-state index in [0.717, 1.165) is 43.8 Å². The molecule has 2 aliphatic heterocycles. The maximum Gasteiger partial charge on any atom is 0.387 e. The number of ether oxygens (including phenoxy) is 1. The van der Waals surface area contributed by atoms with Crippen molar-refractivity contribution in [2.24, 2.45) is 0 Å². The third-order valence-corrected chi connectivity index (χ3v) is 5.62. The van der Waals surface area contributed by atoms with Gasteiger partial charge in [0.05, 0.1) is 6.54 Å². The van der Waals surface area contributed by atoms with Crippen LogP contribution in [-0.4, -0.2) is 35.2 Å². The number of rotatable bonds is 4. The molecule has 0 aromatic heterocycles. The van der Waals surface area contributed by atoms with Crippen LogP contribution in [0, 0.1) is 6.92 Å². The Morgan fingerprint density at radius 2 is 1.75 bits per heavy atom. The normalized spacial score (nSPS) is 22.4. The zero-order valence-corrected chi connectivity index (χ0v) is 15.9. The zero-order chi connectivity index (χ0) is 19.7. The van der Waals surface area contributed by atoms with E-state index in [4.69, 9.17) is 0 Å². The highest BCUT2D eigenvalue weighted by Crippen LogP contribution is 2.36. The van der Waals surface area contributed by atoms with Gasteiger partial charge in [-0.15, -0.1) is 0 Å². The van der Waals surface area contributed by atoms with Gasteiger partial charge in [0, 0.05) is 12.0 Å². The molecule has 0 bridgehead atoms. The first-order valence-electron chi connectivity index (χ1n) is 9.73. The molecule has 0 spiro atoms. The van der Waals surface area contributed by atoms with Gasteiger partial charge in [0.15, 0.2) is 6.54 Å². The number of β-amino-alcohol motifs (C(OH)–C–C–N with tert-alkyl or cyclic N) is 1. The van der Waals surface area contributed by atoms with Crippen LogP contribution in [0.3, 0.4) is 0 Å². The molecule has 0 saturated heterocycles. The Morgan fingerprint density at radius 3 is 2.43 bits per heavy atom. The predicted molar refractivity (Wildman–Crippen MR) is 104 cm³/mol. The first-order chi connectivity index (χ1) is 13.5. The second-order valence-corrected chi connectivity index (χ2v) is 7.52. The molecule has 0 aliphatic carbocycles. The number of nitrogens with zero attached hydrogens (tertiary/aromatic N) is 2. The molecule has 148 valence electrons. The summed E-state index contributed by atoms with van der Waals surface area (Å²) in [5.41, 5.74) is 1.73. The molecule has 1 atom stereocenters. The summed E-state index contributed by atoms with van der Waals surface area (Å²) in [7, 11) is 0. The maximum absolute atomic E-state index is 12.4. The summed E-state index contributed by atoms with van der Waals surface area (Å²) in [6.45, 7) is 0.366. The molecule has 4 rings (SSSR count). The molecular formula is C22H25F2N2O2+. The van der Waals surface area contributed by atoms with Crippen LogP contribution in [0.5, 0.6) is 5.75 Å². The average molecular weight is 387 g/mol. The summed E-state index contributed by atoms with van der Waals surface area (Å²) in [5.74, 6) is 1.22. The lowest BCUT2D eigenvalue weighted by molar-refractivity contribution is -0.658. The lowest BCUT2D eigenvalue weighted by atomic mass is 10.0. The van der Waals surface area contributed by atoms with Gasteiger partial charge in [-0.3, -0.25) is 0 Å². The van der Waals surface area contributed by atoms with Crippen molar-refractivity contribution in [2.75, 3.05) is 18.0 Å². The fraction of sp³-hybridized carbons (Fsp3) is 0.409. The van der Waals surface area contributed by atoms with Gasteiger partial charge in [-0.05, 0) is 62.6 Å². The summed E-state index contributed by atoms with van der Waals surface area (Å²) >= 11 is 0. The van der Waals surface area contributed by atoms with Gasteiger partial charge < -0.3 is 9.84 Å². The highest BCUT2D eigenvalue weighted by molar-refractivity contribution is 5.95. The van der Waals surface area contributed by atoms with E-state index in [1.807, 2.05) is 0 Å². The monoisotopic (exact) mass is 387 g/mol. The van der Waals surface area contributed by atoms with E-state index < -0.39 is 12.3 Å². The Hall–Kier alpha value is -2.47. The number of aryl methyl sites for hydroxylation is 1. The lowest BCUT2D eigenvalue weighted by Gasteiger charge is -2.23. The third kappa shape index (κ3) is 3.49. The molecule has 0 saturated carbocycles. The van der Waals surface area contributed by atoms with E-state index in [0.29, 0.717) is 12.1 Å². The number of anilines is 1. The smallest absolute Gasteiger partial charge is 0.387 e. The minimum absolute atomic E-state index is 0.0933. The molecule has 2 aromatic carbocycles. The van der Waals surface area contributed by atoms with Crippen LogP contribution in [0.15, 0.2) is 48.5 Å². The number of halogens is 2. The molecule has 28 heavy (non-hydrogen) atoms. The molecule has 2 aliphatic rings. The van der Waals surface area contributed by atoms with Gasteiger partial charge in [-0.2, -0.15) is 8.78 Å². The minimum Gasteiger partial charge on any atom is -0.435 e. The van der Waals surface area contributed by atoms with Crippen molar-refractivity contribution in [3.63, 3.8) is 0 Å². The fourth-order valence-corrected chi connectivity index (χ4v) is 4.19. The molecule has 0 radical (unpaired) electrons. The van der Waals surface area contributed by atoms with Crippen LogP contribution < -0.4 is 9.64 Å². The first kappa shape index (κ1) is 18.9. The highest BCUT2D eigenvalue weighted by atomic mass is 19.3. The van der Waals surface area contributed by atoms with Crippen molar-refractivity contribution in [1.82, 2.24) is 0 Å². The Labute approximate surface area is 163 Å². The van der Waals surface area contributed by atoms with Crippen LogP contribution in [0.2, 0.25) is 0 Å². The standard InChI is InChI=1S/C22H25F2N2O2/c1-16-6-10-18(11-7-16)25-15-22(27,26-14-4-2-3-5-20(25)26)17-8-12-19(13-9-17)28-21(23)24/h6-13,21,27H,2-5,14-15H2,1H3/q+1/t22-/m0/s1. The van der Waals surface area contributed by atoms with E-state index in [2.05, 4.69) is 45.4 Å². The van der Waals surface area contributed by atoms with Crippen LogP contribution in [-0.2, 0) is 5.72 Å². The summed E-state index contributed by atoms with van der Waals surface area (Å²) in [6.07, 6.45) is 4.13. The highest BCUT2D eigenvalue weighted by Gasteiger charge is 2.51. The van der Waals surface area contributed by atoms with Gasteiger partial charge >= 0.3 is 6.61 Å². The lowest BCUT2D eigenvalue weighted by Crippen LogP contribution is -2.41. The van der Waals surface area contributed by atoms with Crippen molar-refractivity contribution < 1.29 is 23.2 Å². The molecule has 6 heteroatoms. The van der Waals surface area contributed by atoms with Gasteiger partial charge in [0.25, 0.3) is 11.6 Å². The van der Waals surface area contributed by atoms with Crippen molar-refractivity contribution in [1.29, 1.82) is 0 Å². The molecule has 0 unspecified atom stereocenters. The van der Waals surface area contributed by atoms with Crippen molar-refractivity contribution >= 4 is 11.5 Å². The zero-order valence-electron chi connectivity index (χ0n) is 15.9. The molecular weight excluding hydrogens is 362 g/mol. The number of hydrogen-bond acceptors (Lipinski definition) is 3. The Morgan fingerprint density at radius 1 is 1.04 bits per heavy atom. The van der Waals surface area contributed by atoms with Crippen molar-refractivity contribution in [3.8, 4) is 5.75 Å². The molecule has 4 nitrogen and oxygen atoms in total. The quantitative estimate of drug-likeness (QED) is 0.797. The van der Waals surface area contributed by atoms with Crippen molar-refractivity contribution in [2.45, 2.75) is 44.9 Å². The van der Waals surface area contributed by atoms with Gasteiger partial charge in [0.2, 0.25) is 0 Å². The molecule has 2 heterocycles. The van der Waals surface area contributed by atoms with Crippen LogP contribution in [0.25, 0.3) is 0 Å². The largest absolute Gasteiger partial charge is 0.435 e. The second-order valence-electron chi connectivity index (χ2n) is 7.52. The van der Waals surface area contributed by atoms with Gasteiger partial charge in [0.1, 0.15) is 11.4 Å². The van der Waals surface area contributed by atoms with Crippen LogP contribution in [0.4, 0.5) is 14.5 Å². The van der Waals surface area contributed by atoms with E-state index in [1.54, 1.807) is 12.1 Å². The second kappa shape index (κ2) is 7.51. The number of amidine groups is 1. The molecule has 0 amide bonds. The molecule has 0 fully saturated rings. The SMILES string of the molecule is Cc1ccc(N2C[C@](O)(c3ccc(OC(F)F)cc3)[N+]3=C2CCCCC3)cc1. The summed E-state index contributed by atoms with van der Waals surface area (Å²) in [5, 5.41) is 11.7. The predicted octanol–water partition coefficient (Wildman–Crippen LogP) is 4.25. The summed E-state index contributed by atoms with van der Waals surface area (Å²) in [4.78, 5) is 2.19. The van der Waals surface area contributed by atoms with Crippen molar-refractivity contribution in [3.05, 3.63) is 59.7 Å². The van der Waals surface area contributed by atoms with E-state index >= 15 is 0 Å². The van der Waals surface area contributed by atoms with E-state index in [-0.39, 0.29) is 5.75 Å². The Bertz CT molecular complexity index is 865. The molecule has 1 N–H and O–H groups in total. The fourth-order valence-electron chi connectivity index (χ4n) is 4.19. The third-order valence-electron chi connectivity index (χ3n) is 5.62.